The molecule has 10 heteroatoms. The summed E-state index contributed by atoms with van der Waals surface area (Å²) in [5.41, 5.74) is 15.8. The number of nitrogens with one attached hydrogen (secondary N) is 1. The van der Waals surface area contributed by atoms with Crippen molar-refractivity contribution in [3.63, 3.8) is 0 Å². The highest BCUT2D eigenvalue weighted by Crippen LogP contribution is 2.44. The van der Waals surface area contributed by atoms with E-state index in [1.165, 1.54) is 6.92 Å². The molecule has 41 heavy (non-hydrogen) atoms. The van der Waals surface area contributed by atoms with E-state index in [9.17, 15) is 24.3 Å². The minimum Gasteiger partial charge on any atom is -0.449 e. The van der Waals surface area contributed by atoms with Gasteiger partial charge in [-0.3, -0.25) is 19.3 Å². The predicted octanol–water partition coefficient (Wildman–Crippen LogP) is 2.76. The SMILES string of the molecule is C[C@@H](O)[C@H](N)C(=O)N(C(=O)CCCCCN)[C@H]([C]=O)CCCCNC(=O)OCC1c2ccccc2-c2ccccc21. The highest BCUT2D eigenvalue weighted by molar-refractivity contribution is 6.00. The van der Waals surface area contributed by atoms with E-state index < -0.39 is 36.1 Å². The molecule has 1 radical (unpaired) electrons. The molecule has 1 aliphatic rings. The molecule has 0 bridgehead atoms. The van der Waals surface area contributed by atoms with Crippen LogP contribution in [0.2, 0.25) is 0 Å². The van der Waals surface area contributed by atoms with Crippen LogP contribution in [0.25, 0.3) is 11.1 Å². The Morgan fingerprint density at radius 3 is 2.22 bits per heavy atom. The third kappa shape index (κ3) is 8.45. The van der Waals surface area contributed by atoms with Gasteiger partial charge in [-0.25, -0.2) is 4.79 Å². The number of fused-ring (bicyclic) bond motifs is 3. The largest absolute Gasteiger partial charge is 0.449 e. The molecule has 1 aliphatic carbocycles. The van der Waals surface area contributed by atoms with Crippen LogP contribution in [0.4, 0.5) is 4.79 Å². The van der Waals surface area contributed by atoms with Gasteiger partial charge in [0.1, 0.15) is 18.7 Å². The van der Waals surface area contributed by atoms with Gasteiger partial charge < -0.3 is 26.6 Å². The minimum atomic E-state index is -1.34. The van der Waals surface area contributed by atoms with Gasteiger partial charge in [0.05, 0.1) is 6.10 Å². The van der Waals surface area contributed by atoms with Crippen molar-refractivity contribution in [3.8, 4) is 11.1 Å². The van der Waals surface area contributed by atoms with E-state index in [2.05, 4.69) is 29.6 Å². The van der Waals surface area contributed by atoms with Crippen molar-refractivity contribution >= 4 is 24.2 Å². The van der Waals surface area contributed by atoms with Crippen molar-refractivity contribution in [1.29, 1.82) is 0 Å². The summed E-state index contributed by atoms with van der Waals surface area (Å²) in [5, 5.41) is 12.5. The van der Waals surface area contributed by atoms with Crippen molar-refractivity contribution in [2.45, 2.75) is 76.0 Å². The predicted molar refractivity (Wildman–Crippen MR) is 155 cm³/mol. The molecule has 221 valence electrons. The van der Waals surface area contributed by atoms with E-state index in [4.69, 9.17) is 16.2 Å². The van der Waals surface area contributed by atoms with E-state index in [-0.39, 0.29) is 31.9 Å². The smallest absolute Gasteiger partial charge is 0.407 e. The molecule has 2 aromatic carbocycles. The first-order chi connectivity index (χ1) is 19.8. The molecule has 0 fully saturated rings. The van der Waals surface area contributed by atoms with Gasteiger partial charge in [0.2, 0.25) is 18.1 Å². The Morgan fingerprint density at radius 2 is 1.63 bits per heavy atom. The van der Waals surface area contributed by atoms with Crippen LogP contribution in [-0.2, 0) is 19.1 Å². The van der Waals surface area contributed by atoms with Gasteiger partial charge in [-0.15, -0.1) is 0 Å². The summed E-state index contributed by atoms with van der Waals surface area (Å²) >= 11 is 0. The molecule has 0 saturated carbocycles. The number of carbonyl (C=O) groups is 3. The Morgan fingerprint density at radius 1 is 1.00 bits per heavy atom. The number of benzene rings is 2. The Kier molecular flexibility index (Phi) is 12.5. The molecular weight excluding hydrogens is 524 g/mol. The standard InChI is InChI=1S/C31H41N4O6/c1-21(37)29(33)30(39)35(28(38)16-3-2-9-17-32)22(19-36)11-8-10-18-34-31(40)41-20-27-25-14-6-4-12-23(25)24-13-5-7-15-26(24)27/h4-7,12-15,21-22,27,29,37H,2-3,8-11,16-18,20,32-33H2,1H3,(H,34,40)/t21-,22+,29+/m1/s1. The maximum absolute atomic E-state index is 12.9. The van der Waals surface area contributed by atoms with E-state index in [1.807, 2.05) is 24.3 Å². The summed E-state index contributed by atoms with van der Waals surface area (Å²) in [7, 11) is 0. The average Bonchev–Trinajstić information content (AvgIpc) is 3.30. The van der Waals surface area contributed by atoms with Crippen LogP contribution in [0.15, 0.2) is 48.5 Å². The Bertz CT molecular complexity index is 1140. The fourth-order valence-corrected chi connectivity index (χ4v) is 5.08. The molecule has 0 spiro atoms. The number of aliphatic hydroxyl groups is 1. The van der Waals surface area contributed by atoms with Crippen molar-refractivity contribution in [2.24, 2.45) is 11.5 Å². The molecule has 3 atom stereocenters. The van der Waals surface area contributed by atoms with Gasteiger partial charge in [0, 0.05) is 18.9 Å². The van der Waals surface area contributed by atoms with Crippen LogP contribution in [0.1, 0.15) is 68.9 Å². The highest BCUT2D eigenvalue weighted by atomic mass is 16.5. The summed E-state index contributed by atoms with van der Waals surface area (Å²) < 4.78 is 5.54. The minimum absolute atomic E-state index is 0.0404. The Hall–Kier alpha value is -3.60. The second kappa shape index (κ2) is 16.0. The summed E-state index contributed by atoms with van der Waals surface area (Å²) in [5.74, 6) is -1.39. The number of unbranched alkanes of at least 4 members (excludes halogenated alkanes) is 3. The van der Waals surface area contributed by atoms with Gasteiger partial charge in [0.25, 0.3) is 0 Å². The topological polar surface area (TPSA) is 165 Å². The molecule has 3 amide bonds. The summed E-state index contributed by atoms with van der Waals surface area (Å²) in [6, 6.07) is 13.7. The third-order valence-electron chi connectivity index (χ3n) is 7.37. The Labute approximate surface area is 241 Å². The van der Waals surface area contributed by atoms with Crippen LogP contribution < -0.4 is 16.8 Å². The van der Waals surface area contributed by atoms with E-state index in [1.54, 1.807) is 6.29 Å². The highest BCUT2D eigenvalue weighted by Gasteiger charge is 2.34. The first kappa shape index (κ1) is 31.9. The molecule has 3 rings (SSSR count). The number of nitrogens with zero attached hydrogens (tertiary/aromatic N) is 1. The van der Waals surface area contributed by atoms with Crippen molar-refractivity contribution in [2.75, 3.05) is 19.7 Å². The zero-order valence-electron chi connectivity index (χ0n) is 23.6. The number of amides is 3. The van der Waals surface area contributed by atoms with Crippen molar-refractivity contribution in [3.05, 3.63) is 59.7 Å². The van der Waals surface area contributed by atoms with Crippen LogP contribution >= 0.6 is 0 Å². The summed E-state index contributed by atoms with van der Waals surface area (Å²) in [4.78, 5) is 50.8. The first-order valence-electron chi connectivity index (χ1n) is 14.3. The van der Waals surface area contributed by atoms with Gasteiger partial charge in [-0.1, -0.05) is 55.0 Å². The molecular formula is C31H41N4O6. The fourth-order valence-electron chi connectivity index (χ4n) is 5.08. The van der Waals surface area contributed by atoms with Crippen molar-refractivity contribution in [1.82, 2.24) is 10.2 Å². The normalized spacial score (nSPS) is 14.3. The number of ether oxygens (including phenoxy) is 1. The second-order valence-electron chi connectivity index (χ2n) is 10.3. The lowest BCUT2D eigenvalue weighted by atomic mass is 9.98. The number of alkyl carbamates (subject to hydrolysis) is 1. The summed E-state index contributed by atoms with van der Waals surface area (Å²) in [6.45, 7) is 2.34. The lowest BCUT2D eigenvalue weighted by Crippen LogP contribution is -2.55. The maximum atomic E-state index is 12.9. The van der Waals surface area contributed by atoms with Gasteiger partial charge in [0.15, 0.2) is 0 Å². The zero-order chi connectivity index (χ0) is 29.8. The van der Waals surface area contributed by atoms with Crippen LogP contribution in [0, 0.1) is 0 Å². The number of hydrogen-bond acceptors (Lipinski definition) is 8. The zero-order valence-corrected chi connectivity index (χ0v) is 23.6. The number of hydrogen-bond donors (Lipinski definition) is 4. The maximum Gasteiger partial charge on any atom is 0.407 e. The van der Waals surface area contributed by atoms with Crippen LogP contribution in [0.5, 0.6) is 0 Å². The second-order valence-corrected chi connectivity index (χ2v) is 10.3. The molecule has 10 nitrogen and oxygen atoms in total. The van der Waals surface area contributed by atoms with E-state index in [0.29, 0.717) is 32.2 Å². The molecule has 0 aliphatic heterocycles. The van der Waals surface area contributed by atoms with Gasteiger partial charge >= 0.3 is 6.09 Å². The van der Waals surface area contributed by atoms with Crippen LogP contribution in [-0.4, -0.2) is 72.1 Å². The van der Waals surface area contributed by atoms with Gasteiger partial charge in [-0.2, -0.15) is 0 Å². The quantitative estimate of drug-likeness (QED) is 0.226. The lowest BCUT2D eigenvalue weighted by molar-refractivity contribution is -0.148. The number of carbonyl (C=O) groups excluding carboxylic acids is 4. The summed E-state index contributed by atoms with van der Waals surface area (Å²) in [6.07, 6.45) is 3.15. The van der Waals surface area contributed by atoms with Gasteiger partial charge in [-0.05, 0) is 67.8 Å². The number of rotatable bonds is 16. The fraction of sp³-hybridized carbons (Fsp3) is 0.484. The number of imide groups is 1. The Balaban J connectivity index is 1.48. The molecule has 2 aromatic rings. The number of nitrogens with two attached hydrogens (primary N) is 2. The van der Waals surface area contributed by atoms with E-state index in [0.717, 1.165) is 33.6 Å². The lowest BCUT2D eigenvalue weighted by Gasteiger charge is -2.29. The first-order valence-corrected chi connectivity index (χ1v) is 14.3. The molecule has 6 N–H and O–H groups in total. The van der Waals surface area contributed by atoms with E-state index >= 15 is 0 Å². The molecule has 0 saturated heterocycles. The average molecular weight is 566 g/mol. The monoisotopic (exact) mass is 565 g/mol. The third-order valence-corrected chi connectivity index (χ3v) is 7.37. The van der Waals surface area contributed by atoms with Crippen LogP contribution in [0.3, 0.4) is 0 Å². The molecule has 0 heterocycles. The van der Waals surface area contributed by atoms with Crippen molar-refractivity contribution < 1.29 is 29.0 Å². The molecule has 0 unspecified atom stereocenters. The molecule has 0 aromatic heterocycles. The number of aliphatic hydroxyl groups excluding tert-OH is 1.